The Morgan fingerprint density at radius 2 is 2.00 bits per heavy atom. The minimum absolute atomic E-state index is 0.00407. The van der Waals surface area contributed by atoms with Crippen molar-refractivity contribution in [1.29, 1.82) is 0 Å². The van der Waals surface area contributed by atoms with E-state index in [1.165, 1.54) is 11.6 Å². The van der Waals surface area contributed by atoms with Crippen LogP contribution in [0, 0.1) is 0 Å². The molecule has 4 rings (SSSR count). The van der Waals surface area contributed by atoms with Crippen molar-refractivity contribution in [2.24, 2.45) is 0 Å². The van der Waals surface area contributed by atoms with Crippen LogP contribution in [0.15, 0.2) is 60.0 Å². The first-order valence-electron chi connectivity index (χ1n) is 11.8. The molecule has 178 valence electrons. The molecule has 1 saturated heterocycles. The molecule has 3 heterocycles. The molecule has 0 radical (unpaired) electrons. The predicted octanol–water partition coefficient (Wildman–Crippen LogP) is 3.20. The third kappa shape index (κ3) is 5.02. The molecule has 8 heteroatoms. The Balaban J connectivity index is 1.41. The maximum Gasteiger partial charge on any atom is 0.252 e. The van der Waals surface area contributed by atoms with E-state index in [1.807, 2.05) is 11.8 Å². The van der Waals surface area contributed by atoms with Crippen molar-refractivity contribution in [3.8, 4) is 0 Å². The Hall–Kier alpha value is -3.52. The van der Waals surface area contributed by atoms with Gasteiger partial charge in [-0.1, -0.05) is 30.8 Å². The molecule has 1 amide bonds. The van der Waals surface area contributed by atoms with Gasteiger partial charge in [-0.25, -0.2) is 4.98 Å². The van der Waals surface area contributed by atoms with Gasteiger partial charge in [0.25, 0.3) is 5.56 Å². The highest BCUT2D eigenvalue weighted by molar-refractivity contribution is 5.87. The van der Waals surface area contributed by atoms with Crippen LogP contribution in [-0.4, -0.2) is 55.9 Å². The van der Waals surface area contributed by atoms with Crippen LogP contribution in [0.25, 0.3) is 11.0 Å². The van der Waals surface area contributed by atoms with E-state index < -0.39 is 0 Å². The third-order valence-corrected chi connectivity index (χ3v) is 6.50. The fourth-order valence-corrected chi connectivity index (χ4v) is 4.43. The van der Waals surface area contributed by atoms with Gasteiger partial charge in [0.15, 0.2) is 0 Å². The number of benzene rings is 1. The molecule has 2 atom stereocenters. The summed E-state index contributed by atoms with van der Waals surface area (Å²) in [5, 5.41) is 4.20. The smallest absolute Gasteiger partial charge is 0.252 e. The molecular weight excluding hydrogens is 428 g/mol. The number of rotatable bonds is 7. The number of aromatic nitrogens is 3. The first-order valence-corrected chi connectivity index (χ1v) is 11.8. The van der Waals surface area contributed by atoms with Gasteiger partial charge >= 0.3 is 0 Å². The van der Waals surface area contributed by atoms with Gasteiger partial charge in [-0.15, -0.1) is 0 Å². The van der Waals surface area contributed by atoms with Crippen LogP contribution in [0.5, 0.6) is 0 Å². The van der Waals surface area contributed by atoms with Crippen molar-refractivity contribution in [2.75, 3.05) is 25.0 Å². The highest BCUT2D eigenvalue weighted by atomic mass is 16.2. The number of nitrogens with zero attached hydrogens (tertiary/aromatic N) is 5. The maximum absolute atomic E-state index is 12.1. The molecule has 8 nitrogen and oxygen atoms in total. The number of aryl methyl sites for hydroxylation is 1. The molecule has 1 aromatic carbocycles. The summed E-state index contributed by atoms with van der Waals surface area (Å²) in [4.78, 5) is 37.3. The standard InChI is InChI=1S/C26H32N6O2/c1-5-23(33)31-14-13-30(18(3)16-31)17-20-7-9-21(10-8-20)19(4)28-26-27-15-22-11-12-24(34)32(6-2)25(22)29-26/h5,7-12,15,18-19H,1,6,13-14,16-17H2,2-4H3,(H,27,28,29)/t18-,19?/m0/s1. The van der Waals surface area contributed by atoms with Gasteiger partial charge in [0.1, 0.15) is 5.65 Å². The summed E-state index contributed by atoms with van der Waals surface area (Å²) in [6.07, 6.45) is 3.14. The number of piperazine rings is 1. The Morgan fingerprint density at radius 3 is 2.68 bits per heavy atom. The van der Waals surface area contributed by atoms with Crippen molar-refractivity contribution >= 4 is 22.9 Å². The summed E-state index contributed by atoms with van der Waals surface area (Å²) in [5.41, 5.74) is 2.94. The van der Waals surface area contributed by atoms with E-state index in [4.69, 9.17) is 0 Å². The molecule has 1 N–H and O–H groups in total. The lowest BCUT2D eigenvalue weighted by molar-refractivity contribution is -0.128. The van der Waals surface area contributed by atoms with Crippen molar-refractivity contribution in [2.45, 2.75) is 45.9 Å². The summed E-state index contributed by atoms with van der Waals surface area (Å²) >= 11 is 0. The summed E-state index contributed by atoms with van der Waals surface area (Å²) in [6.45, 7) is 13.5. The van der Waals surface area contributed by atoms with E-state index in [-0.39, 0.29) is 17.5 Å². The van der Waals surface area contributed by atoms with Gasteiger partial charge in [0, 0.05) is 56.4 Å². The highest BCUT2D eigenvalue weighted by Crippen LogP contribution is 2.20. The van der Waals surface area contributed by atoms with Crippen LogP contribution < -0.4 is 10.9 Å². The normalized spacial score (nSPS) is 17.5. The molecule has 3 aromatic rings. The first-order chi connectivity index (χ1) is 16.4. The van der Waals surface area contributed by atoms with Crippen molar-refractivity contribution in [1.82, 2.24) is 24.3 Å². The Labute approximate surface area is 199 Å². The minimum atomic E-state index is -0.0636. The van der Waals surface area contributed by atoms with E-state index in [0.29, 0.717) is 24.2 Å². The number of hydrogen-bond donors (Lipinski definition) is 1. The lowest BCUT2D eigenvalue weighted by atomic mass is 10.0. The Kier molecular flexibility index (Phi) is 7.07. The SMILES string of the molecule is C=CC(=O)N1CCN(Cc2ccc(C(C)Nc3ncc4ccc(=O)n(CC)c4n3)cc2)[C@@H](C)C1. The number of anilines is 1. The average molecular weight is 461 g/mol. The molecule has 1 fully saturated rings. The van der Waals surface area contributed by atoms with Gasteiger partial charge in [-0.05, 0) is 44.0 Å². The van der Waals surface area contributed by atoms with Gasteiger partial charge in [-0.3, -0.25) is 19.1 Å². The number of carbonyl (C=O) groups excluding carboxylic acids is 1. The molecule has 1 aliphatic heterocycles. The largest absolute Gasteiger partial charge is 0.348 e. The van der Waals surface area contributed by atoms with Crippen LogP contribution >= 0.6 is 0 Å². The number of pyridine rings is 1. The Bertz CT molecular complexity index is 1240. The summed E-state index contributed by atoms with van der Waals surface area (Å²) < 4.78 is 1.65. The molecule has 0 saturated carbocycles. The van der Waals surface area contributed by atoms with E-state index in [1.54, 1.807) is 22.9 Å². The highest BCUT2D eigenvalue weighted by Gasteiger charge is 2.25. The van der Waals surface area contributed by atoms with E-state index in [2.05, 4.69) is 64.9 Å². The van der Waals surface area contributed by atoms with Crippen molar-refractivity contribution in [3.05, 3.63) is 76.7 Å². The van der Waals surface area contributed by atoms with Crippen LogP contribution in [0.2, 0.25) is 0 Å². The molecule has 0 aliphatic carbocycles. The first kappa shape index (κ1) is 23.6. The van der Waals surface area contributed by atoms with Crippen LogP contribution in [0.3, 0.4) is 0 Å². The summed E-state index contributed by atoms with van der Waals surface area (Å²) in [5.74, 6) is 0.503. The number of hydrogen-bond acceptors (Lipinski definition) is 6. The van der Waals surface area contributed by atoms with Crippen LogP contribution in [-0.2, 0) is 17.9 Å². The second kappa shape index (κ2) is 10.2. The summed E-state index contributed by atoms with van der Waals surface area (Å²) in [7, 11) is 0. The van der Waals surface area contributed by atoms with Crippen molar-refractivity contribution in [3.63, 3.8) is 0 Å². The van der Waals surface area contributed by atoms with Crippen LogP contribution in [0.4, 0.5) is 5.95 Å². The zero-order valence-electron chi connectivity index (χ0n) is 20.1. The maximum atomic E-state index is 12.1. The average Bonchev–Trinajstić information content (AvgIpc) is 2.85. The zero-order chi connectivity index (χ0) is 24.2. The minimum Gasteiger partial charge on any atom is -0.348 e. The zero-order valence-corrected chi connectivity index (χ0v) is 20.1. The topological polar surface area (TPSA) is 83.4 Å². The quantitative estimate of drug-likeness (QED) is 0.545. The van der Waals surface area contributed by atoms with Gasteiger partial charge in [0.2, 0.25) is 11.9 Å². The molecule has 0 spiro atoms. The molecule has 0 bridgehead atoms. The fourth-order valence-electron chi connectivity index (χ4n) is 4.43. The molecule has 2 aromatic heterocycles. The van der Waals surface area contributed by atoms with Crippen LogP contribution in [0.1, 0.15) is 37.9 Å². The molecule has 34 heavy (non-hydrogen) atoms. The number of carbonyl (C=O) groups is 1. The molecular formula is C26H32N6O2. The summed E-state index contributed by atoms with van der Waals surface area (Å²) in [6, 6.07) is 12.2. The lowest BCUT2D eigenvalue weighted by Gasteiger charge is -2.39. The Morgan fingerprint density at radius 1 is 1.24 bits per heavy atom. The van der Waals surface area contributed by atoms with E-state index >= 15 is 0 Å². The van der Waals surface area contributed by atoms with Gasteiger partial charge in [-0.2, -0.15) is 4.98 Å². The van der Waals surface area contributed by atoms with Gasteiger partial charge in [0.05, 0.1) is 6.04 Å². The third-order valence-electron chi connectivity index (χ3n) is 6.50. The van der Waals surface area contributed by atoms with Gasteiger partial charge < -0.3 is 10.2 Å². The molecule has 1 aliphatic rings. The van der Waals surface area contributed by atoms with E-state index in [9.17, 15) is 9.59 Å². The van der Waals surface area contributed by atoms with E-state index in [0.717, 1.165) is 37.1 Å². The second-order valence-electron chi connectivity index (χ2n) is 8.80. The number of amides is 1. The van der Waals surface area contributed by atoms with Crippen molar-refractivity contribution < 1.29 is 4.79 Å². The predicted molar refractivity (Wildman–Crippen MR) is 135 cm³/mol. The number of fused-ring (bicyclic) bond motifs is 1. The molecule has 1 unspecified atom stereocenters. The second-order valence-corrected chi connectivity index (χ2v) is 8.80. The monoisotopic (exact) mass is 460 g/mol. The fraction of sp³-hybridized carbons (Fsp3) is 0.385. The number of nitrogens with one attached hydrogen (secondary N) is 1. The lowest BCUT2D eigenvalue weighted by Crippen LogP contribution is -2.52.